The Labute approximate surface area is 83.9 Å². The zero-order valence-corrected chi connectivity index (χ0v) is 8.88. The van der Waals surface area contributed by atoms with E-state index >= 15 is 0 Å². The number of halogens is 1. The molecule has 0 aliphatic rings. The summed E-state index contributed by atoms with van der Waals surface area (Å²) in [7, 11) is 0. The number of hydrogen-bond acceptors (Lipinski definition) is 2. The number of nitrogens with zero attached hydrogens (tertiary/aromatic N) is 1. The maximum Gasteiger partial charge on any atom is 0.214 e. The lowest BCUT2D eigenvalue weighted by Gasteiger charge is -2.16. The molecule has 0 fully saturated rings. The molecular formula is C10H14ClNO. The van der Waals surface area contributed by atoms with Crippen LogP contribution in [0.25, 0.3) is 0 Å². The second-order valence-corrected chi connectivity index (χ2v) is 3.75. The normalized spacial score (nSPS) is 13.0. The van der Waals surface area contributed by atoms with Crippen LogP contribution in [0.1, 0.15) is 20.8 Å². The lowest BCUT2D eigenvalue weighted by Crippen LogP contribution is -2.19. The molecule has 1 unspecified atom stereocenters. The van der Waals surface area contributed by atoms with E-state index in [0.717, 1.165) is 0 Å². The van der Waals surface area contributed by atoms with Crippen molar-refractivity contribution >= 4 is 11.6 Å². The van der Waals surface area contributed by atoms with E-state index < -0.39 is 0 Å². The van der Waals surface area contributed by atoms with Gasteiger partial charge in [-0.3, -0.25) is 0 Å². The molecule has 0 saturated heterocycles. The molecular weight excluding hydrogens is 186 g/mol. The van der Waals surface area contributed by atoms with Gasteiger partial charge in [-0.15, -0.1) is 0 Å². The minimum Gasteiger partial charge on any atom is -0.474 e. The Hall–Kier alpha value is -0.760. The molecule has 1 heterocycles. The van der Waals surface area contributed by atoms with Crippen LogP contribution in [0.4, 0.5) is 0 Å². The predicted octanol–water partition coefficient (Wildman–Crippen LogP) is 3.16. The highest BCUT2D eigenvalue weighted by Crippen LogP contribution is 2.15. The molecule has 2 nitrogen and oxygen atoms in total. The van der Waals surface area contributed by atoms with E-state index in [1.807, 2.05) is 19.1 Å². The fourth-order valence-electron chi connectivity index (χ4n) is 0.782. The van der Waals surface area contributed by atoms with Gasteiger partial charge >= 0.3 is 0 Å². The summed E-state index contributed by atoms with van der Waals surface area (Å²) in [5.74, 6) is 1.06. The van der Waals surface area contributed by atoms with Crippen molar-refractivity contribution in [3.63, 3.8) is 0 Å². The van der Waals surface area contributed by atoms with Crippen LogP contribution >= 0.6 is 11.6 Å². The summed E-state index contributed by atoms with van der Waals surface area (Å²) >= 11 is 5.72. The maximum absolute atomic E-state index is 5.72. The molecule has 0 aliphatic carbocycles. The van der Waals surface area contributed by atoms with E-state index in [4.69, 9.17) is 16.3 Å². The van der Waals surface area contributed by atoms with Crippen LogP contribution in [0.3, 0.4) is 0 Å². The Morgan fingerprint density at radius 3 is 2.54 bits per heavy atom. The first-order valence-electron chi connectivity index (χ1n) is 4.39. The summed E-state index contributed by atoms with van der Waals surface area (Å²) in [5.41, 5.74) is 0. The van der Waals surface area contributed by atoms with Crippen molar-refractivity contribution in [2.75, 3.05) is 0 Å². The van der Waals surface area contributed by atoms with E-state index in [1.165, 1.54) is 0 Å². The van der Waals surface area contributed by atoms with E-state index in [-0.39, 0.29) is 6.10 Å². The van der Waals surface area contributed by atoms with Gasteiger partial charge in [-0.2, -0.15) is 0 Å². The standard InChI is InChI=1S/C10H14ClNO/c1-7(2)8(3)13-10-6-4-5-9(11)12-10/h4-8H,1-3H3. The van der Waals surface area contributed by atoms with Crippen LogP contribution in [0.15, 0.2) is 18.2 Å². The first-order valence-corrected chi connectivity index (χ1v) is 4.76. The van der Waals surface area contributed by atoms with Gasteiger partial charge in [0, 0.05) is 6.07 Å². The molecule has 0 N–H and O–H groups in total. The molecule has 13 heavy (non-hydrogen) atoms. The van der Waals surface area contributed by atoms with Gasteiger partial charge in [0.1, 0.15) is 5.15 Å². The average molecular weight is 200 g/mol. The molecule has 72 valence electrons. The molecule has 0 aliphatic heterocycles. The van der Waals surface area contributed by atoms with Crippen molar-refractivity contribution in [1.29, 1.82) is 0 Å². The summed E-state index contributed by atoms with van der Waals surface area (Å²) in [6, 6.07) is 5.37. The van der Waals surface area contributed by atoms with Gasteiger partial charge in [0.2, 0.25) is 5.88 Å². The average Bonchev–Trinajstić information content (AvgIpc) is 2.04. The van der Waals surface area contributed by atoms with Crippen molar-refractivity contribution in [2.45, 2.75) is 26.9 Å². The highest BCUT2D eigenvalue weighted by Gasteiger charge is 2.09. The zero-order valence-electron chi connectivity index (χ0n) is 8.12. The van der Waals surface area contributed by atoms with Gasteiger partial charge in [0.25, 0.3) is 0 Å². The number of pyridine rings is 1. The Kier molecular flexibility index (Phi) is 3.55. The zero-order chi connectivity index (χ0) is 9.84. The van der Waals surface area contributed by atoms with Crippen molar-refractivity contribution in [2.24, 2.45) is 5.92 Å². The molecule has 1 rings (SSSR count). The van der Waals surface area contributed by atoms with Gasteiger partial charge in [0.05, 0.1) is 6.10 Å². The van der Waals surface area contributed by atoms with Crippen molar-refractivity contribution < 1.29 is 4.74 Å². The number of hydrogen-bond donors (Lipinski definition) is 0. The van der Waals surface area contributed by atoms with Crippen LogP contribution in [-0.2, 0) is 0 Å². The quantitative estimate of drug-likeness (QED) is 0.698. The molecule has 3 heteroatoms. The lowest BCUT2D eigenvalue weighted by molar-refractivity contribution is 0.163. The first kappa shape index (κ1) is 10.3. The molecule has 0 aromatic carbocycles. The summed E-state index contributed by atoms with van der Waals surface area (Å²) in [6.45, 7) is 6.23. The minimum absolute atomic E-state index is 0.158. The summed E-state index contributed by atoms with van der Waals surface area (Å²) in [4.78, 5) is 4.04. The topological polar surface area (TPSA) is 22.1 Å². The molecule has 1 aromatic heterocycles. The smallest absolute Gasteiger partial charge is 0.214 e. The van der Waals surface area contributed by atoms with E-state index in [9.17, 15) is 0 Å². The third-order valence-corrected chi connectivity index (χ3v) is 2.15. The van der Waals surface area contributed by atoms with Crippen LogP contribution in [0, 0.1) is 5.92 Å². The molecule has 0 radical (unpaired) electrons. The molecule has 1 atom stereocenters. The second-order valence-electron chi connectivity index (χ2n) is 3.37. The van der Waals surface area contributed by atoms with Gasteiger partial charge in [-0.1, -0.05) is 31.5 Å². The highest BCUT2D eigenvalue weighted by atomic mass is 35.5. The summed E-state index contributed by atoms with van der Waals surface area (Å²) < 4.78 is 5.56. The fraction of sp³-hybridized carbons (Fsp3) is 0.500. The van der Waals surface area contributed by atoms with E-state index in [1.54, 1.807) is 6.07 Å². The molecule has 1 aromatic rings. The number of ether oxygens (including phenoxy) is 1. The molecule has 0 amide bonds. The first-order chi connectivity index (χ1) is 6.09. The predicted molar refractivity (Wildman–Crippen MR) is 54.2 cm³/mol. The maximum atomic E-state index is 5.72. The monoisotopic (exact) mass is 199 g/mol. The van der Waals surface area contributed by atoms with E-state index in [0.29, 0.717) is 17.0 Å². The number of aromatic nitrogens is 1. The Morgan fingerprint density at radius 1 is 1.31 bits per heavy atom. The van der Waals surface area contributed by atoms with Crippen molar-refractivity contribution in [1.82, 2.24) is 4.98 Å². The molecule has 0 bridgehead atoms. The Balaban J connectivity index is 2.64. The van der Waals surface area contributed by atoms with Crippen LogP contribution < -0.4 is 4.74 Å². The van der Waals surface area contributed by atoms with Crippen LogP contribution in [0.2, 0.25) is 5.15 Å². The largest absolute Gasteiger partial charge is 0.474 e. The van der Waals surface area contributed by atoms with Gasteiger partial charge in [0.15, 0.2) is 0 Å². The van der Waals surface area contributed by atoms with E-state index in [2.05, 4.69) is 18.8 Å². The van der Waals surface area contributed by atoms with Crippen LogP contribution in [0.5, 0.6) is 5.88 Å². The SMILES string of the molecule is CC(C)C(C)Oc1cccc(Cl)n1. The van der Waals surface area contributed by atoms with Crippen molar-refractivity contribution in [3.8, 4) is 5.88 Å². The lowest BCUT2D eigenvalue weighted by atomic mass is 10.1. The summed E-state index contributed by atoms with van der Waals surface area (Å²) in [5, 5.41) is 0.466. The van der Waals surface area contributed by atoms with Crippen molar-refractivity contribution in [3.05, 3.63) is 23.4 Å². The summed E-state index contributed by atoms with van der Waals surface area (Å²) in [6.07, 6.45) is 0.158. The molecule has 0 spiro atoms. The van der Waals surface area contributed by atoms with Gasteiger partial charge < -0.3 is 4.74 Å². The fourth-order valence-corrected chi connectivity index (χ4v) is 0.938. The molecule has 0 saturated carbocycles. The third-order valence-electron chi connectivity index (χ3n) is 1.94. The minimum atomic E-state index is 0.158. The highest BCUT2D eigenvalue weighted by molar-refractivity contribution is 6.29. The second kappa shape index (κ2) is 4.47. The Bertz CT molecular complexity index is 275. The van der Waals surface area contributed by atoms with Gasteiger partial charge in [-0.05, 0) is 18.9 Å². The third kappa shape index (κ3) is 3.23. The van der Waals surface area contributed by atoms with Crippen LogP contribution in [-0.4, -0.2) is 11.1 Å². The van der Waals surface area contributed by atoms with Gasteiger partial charge in [-0.25, -0.2) is 4.98 Å². The number of rotatable bonds is 3. The Morgan fingerprint density at radius 2 is 2.00 bits per heavy atom.